The SMILES string of the molecule is CCOC(=O)[C@@H]1CC2(CCN(c3cc(O[C@H](c4ccc(-c5ccc(OC(C)C)cc5)cc4-n4ccc(C)n4)C(F)(F)F)nc(N)n3)CC2)CN1. The monoisotopic (exact) mass is 693 g/mol. The molecular formula is C36H42F3N7O4. The first-order chi connectivity index (χ1) is 23.8. The summed E-state index contributed by atoms with van der Waals surface area (Å²) in [6.45, 7) is 9.57. The first-order valence-electron chi connectivity index (χ1n) is 16.8. The van der Waals surface area contributed by atoms with Crippen LogP contribution in [0, 0.1) is 12.3 Å². The number of nitrogens with one attached hydrogen (secondary N) is 1. The van der Waals surface area contributed by atoms with E-state index in [4.69, 9.17) is 19.9 Å². The summed E-state index contributed by atoms with van der Waals surface area (Å²) in [4.78, 5) is 22.6. The zero-order chi connectivity index (χ0) is 35.6. The van der Waals surface area contributed by atoms with Crippen LogP contribution >= 0.6 is 0 Å². The molecule has 2 saturated heterocycles. The van der Waals surface area contributed by atoms with Gasteiger partial charge in [-0.25, -0.2) is 4.68 Å². The number of hydrogen-bond donors (Lipinski definition) is 2. The minimum Gasteiger partial charge on any atom is -0.491 e. The maximum Gasteiger partial charge on any atom is 0.429 e. The molecular weight excluding hydrogens is 651 g/mol. The molecule has 2 aromatic heterocycles. The maximum atomic E-state index is 14.9. The number of alkyl halides is 3. The molecule has 0 aliphatic carbocycles. The second-order valence-electron chi connectivity index (χ2n) is 13.2. The summed E-state index contributed by atoms with van der Waals surface area (Å²) in [6, 6.07) is 14.8. The summed E-state index contributed by atoms with van der Waals surface area (Å²) in [5.41, 5.74) is 8.14. The number of benzene rings is 2. The minimum atomic E-state index is -4.82. The Kier molecular flexibility index (Phi) is 9.92. The summed E-state index contributed by atoms with van der Waals surface area (Å²) in [7, 11) is 0. The molecule has 2 fully saturated rings. The van der Waals surface area contributed by atoms with Gasteiger partial charge in [-0.3, -0.25) is 4.79 Å². The Hall–Kier alpha value is -4.85. The van der Waals surface area contributed by atoms with Crippen molar-refractivity contribution in [1.82, 2.24) is 25.1 Å². The molecule has 4 heterocycles. The molecule has 2 aromatic carbocycles. The number of rotatable bonds is 10. The van der Waals surface area contributed by atoms with Gasteiger partial charge in [-0.15, -0.1) is 0 Å². The first-order valence-corrected chi connectivity index (χ1v) is 16.8. The molecule has 2 atom stereocenters. The van der Waals surface area contributed by atoms with E-state index in [1.54, 1.807) is 38.2 Å². The van der Waals surface area contributed by atoms with Gasteiger partial charge in [-0.05, 0) is 87.8 Å². The Balaban J connectivity index is 1.26. The van der Waals surface area contributed by atoms with E-state index >= 15 is 0 Å². The predicted octanol–water partition coefficient (Wildman–Crippen LogP) is 6.20. The number of carbonyl (C=O) groups is 1. The van der Waals surface area contributed by atoms with E-state index in [1.807, 2.05) is 43.0 Å². The maximum absolute atomic E-state index is 14.9. The van der Waals surface area contributed by atoms with Crippen LogP contribution in [0.5, 0.6) is 11.6 Å². The molecule has 0 radical (unpaired) electrons. The Morgan fingerprint density at radius 1 is 1.04 bits per heavy atom. The van der Waals surface area contributed by atoms with Crippen LogP contribution in [0.1, 0.15) is 57.4 Å². The van der Waals surface area contributed by atoms with Crippen molar-refractivity contribution in [3.8, 4) is 28.4 Å². The van der Waals surface area contributed by atoms with E-state index in [1.165, 1.54) is 16.8 Å². The van der Waals surface area contributed by atoms with Crippen molar-refractivity contribution < 1.29 is 32.2 Å². The molecule has 0 bridgehead atoms. The Bertz CT molecular complexity index is 1800. The number of nitrogens with two attached hydrogens (primary N) is 1. The Morgan fingerprint density at radius 3 is 2.40 bits per heavy atom. The summed E-state index contributed by atoms with van der Waals surface area (Å²) in [6.07, 6.45) is -3.41. The Morgan fingerprint density at radius 2 is 1.76 bits per heavy atom. The standard InChI is InChI=1S/C36H42F3N7O4/c1-5-48-33(47)28-20-35(21-41-28)13-16-45(17-14-35)30-19-31(43-34(40)42-30)50-32(36(37,38)39)27-11-8-25(18-29(27)46-15-12-23(4)44-46)24-6-9-26(10-7-24)49-22(2)3/h6-12,15,18-19,22,28,32,41H,5,13-14,16-17,20-21H2,1-4H3,(H2,40,42,43)/t28-,32+/m0/s1. The molecule has 11 nitrogen and oxygen atoms in total. The number of halogens is 3. The molecule has 50 heavy (non-hydrogen) atoms. The Labute approximate surface area is 288 Å². The van der Waals surface area contributed by atoms with Crippen LogP contribution in [-0.2, 0) is 9.53 Å². The third kappa shape index (κ3) is 7.80. The quantitative estimate of drug-likeness (QED) is 0.185. The number of esters is 1. The second-order valence-corrected chi connectivity index (χ2v) is 13.2. The highest BCUT2D eigenvalue weighted by Crippen LogP contribution is 2.43. The highest BCUT2D eigenvalue weighted by Gasteiger charge is 2.46. The van der Waals surface area contributed by atoms with Gasteiger partial charge < -0.3 is 30.2 Å². The smallest absolute Gasteiger partial charge is 0.429 e. The van der Waals surface area contributed by atoms with Gasteiger partial charge in [0.05, 0.1) is 24.1 Å². The van der Waals surface area contributed by atoms with Gasteiger partial charge in [-0.1, -0.05) is 24.3 Å². The lowest BCUT2D eigenvalue weighted by Gasteiger charge is -2.39. The molecule has 14 heteroatoms. The molecule has 0 unspecified atom stereocenters. The number of anilines is 2. The van der Waals surface area contributed by atoms with Gasteiger partial charge >= 0.3 is 12.1 Å². The fraction of sp³-hybridized carbons (Fsp3) is 0.444. The number of carbonyl (C=O) groups excluding carboxylic acids is 1. The molecule has 3 N–H and O–H groups in total. The molecule has 4 aromatic rings. The molecule has 6 rings (SSSR count). The molecule has 1 spiro atoms. The lowest BCUT2D eigenvalue weighted by Crippen LogP contribution is -2.41. The molecule has 0 saturated carbocycles. The lowest BCUT2D eigenvalue weighted by molar-refractivity contribution is -0.198. The summed E-state index contributed by atoms with van der Waals surface area (Å²) < 4.78 is 62.9. The number of aryl methyl sites for hydroxylation is 1. The summed E-state index contributed by atoms with van der Waals surface area (Å²) >= 11 is 0. The molecule has 266 valence electrons. The fourth-order valence-corrected chi connectivity index (χ4v) is 6.69. The second kappa shape index (κ2) is 14.2. The number of nitrogens with zero attached hydrogens (tertiary/aromatic N) is 5. The predicted molar refractivity (Wildman–Crippen MR) is 182 cm³/mol. The van der Waals surface area contributed by atoms with Crippen LogP contribution in [0.15, 0.2) is 60.8 Å². The zero-order valence-corrected chi connectivity index (χ0v) is 28.5. The van der Waals surface area contributed by atoms with Gasteiger partial charge in [0.2, 0.25) is 17.9 Å². The van der Waals surface area contributed by atoms with Gasteiger partial charge in [-0.2, -0.15) is 28.2 Å². The van der Waals surface area contributed by atoms with E-state index in [0.29, 0.717) is 55.5 Å². The van der Waals surface area contributed by atoms with Crippen molar-refractivity contribution in [2.75, 3.05) is 36.9 Å². The number of aromatic nitrogens is 4. The van der Waals surface area contributed by atoms with Crippen LogP contribution in [-0.4, -0.2) is 70.3 Å². The van der Waals surface area contributed by atoms with Crippen LogP contribution in [0.25, 0.3) is 16.8 Å². The highest BCUT2D eigenvalue weighted by molar-refractivity contribution is 5.76. The van der Waals surface area contributed by atoms with Crippen LogP contribution < -0.4 is 25.4 Å². The average Bonchev–Trinajstić information content (AvgIpc) is 3.70. The van der Waals surface area contributed by atoms with Gasteiger partial charge in [0.15, 0.2) is 0 Å². The number of ether oxygens (including phenoxy) is 3. The first kappa shape index (κ1) is 35.0. The van der Waals surface area contributed by atoms with Crippen molar-refractivity contribution in [3.63, 3.8) is 0 Å². The largest absolute Gasteiger partial charge is 0.491 e. The van der Waals surface area contributed by atoms with E-state index in [2.05, 4.69) is 20.4 Å². The van der Waals surface area contributed by atoms with Crippen LogP contribution in [0.4, 0.5) is 24.9 Å². The third-order valence-electron chi connectivity index (χ3n) is 9.16. The van der Waals surface area contributed by atoms with Crippen molar-refractivity contribution in [3.05, 3.63) is 72.1 Å². The van der Waals surface area contributed by atoms with Crippen molar-refractivity contribution in [2.45, 2.75) is 71.4 Å². The normalized spacial score (nSPS) is 18.0. The van der Waals surface area contributed by atoms with Crippen molar-refractivity contribution >= 4 is 17.7 Å². The van der Waals surface area contributed by atoms with Crippen molar-refractivity contribution in [2.24, 2.45) is 5.41 Å². The van der Waals surface area contributed by atoms with E-state index in [9.17, 15) is 18.0 Å². The van der Waals surface area contributed by atoms with Gasteiger partial charge in [0, 0.05) is 37.5 Å². The lowest BCUT2D eigenvalue weighted by atomic mass is 9.76. The molecule has 2 aliphatic rings. The summed E-state index contributed by atoms with van der Waals surface area (Å²) in [5.74, 6) is 0.320. The fourth-order valence-electron chi connectivity index (χ4n) is 6.69. The van der Waals surface area contributed by atoms with E-state index in [0.717, 1.165) is 18.4 Å². The van der Waals surface area contributed by atoms with Gasteiger partial charge in [0.25, 0.3) is 0 Å². The highest BCUT2D eigenvalue weighted by atomic mass is 19.4. The summed E-state index contributed by atoms with van der Waals surface area (Å²) in [5, 5.41) is 7.72. The number of piperidine rings is 1. The van der Waals surface area contributed by atoms with Gasteiger partial charge in [0.1, 0.15) is 17.6 Å². The molecule has 2 aliphatic heterocycles. The van der Waals surface area contributed by atoms with Crippen LogP contribution in [0.3, 0.4) is 0 Å². The van der Waals surface area contributed by atoms with Crippen LogP contribution in [0.2, 0.25) is 0 Å². The molecule has 0 amide bonds. The number of nitrogen functional groups attached to an aromatic ring is 1. The minimum absolute atomic E-state index is 0.00375. The number of hydrogen-bond acceptors (Lipinski definition) is 10. The van der Waals surface area contributed by atoms with E-state index < -0.39 is 12.3 Å². The van der Waals surface area contributed by atoms with Crippen molar-refractivity contribution in [1.29, 1.82) is 0 Å². The third-order valence-corrected chi connectivity index (χ3v) is 9.16. The van der Waals surface area contributed by atoms with E-state index in [-0.39, 0.29) is 46.6 Å². The average molecular weight is 694 g/mol. The zero-order valence-electron chi connectivity index (χ0n) is 28.5. The topological polar surface area (TPSA) is 130 Å².